The van der Waals surface area contributed by atoms with Crippen LogP contribution in [-0.4, -0.2) is 31.6 Å². The minimum absolute atomic E-state index is 0.0173. The molecule has 14 heteroatoms. The van der Waals surface area contributed by atoms with Crippen molar-refractivity contribution in [3.8, 4) is 22.5 Å². The lowest BCUT2D eigenvalue weighted by molar-refractivity contribution is -0.385. The first-order chi connectivity index (χ1) is 17.8. The van der Waals surface area contributed by atoms with Gasteiger partial charge in [-0.05, 0) is 30.7 Å². The molecule has 0 spiro atoms. The number of nitrogens with zero attached hydrogens (tertiary/aromatic N) is 4. The normalized spacial score (nSPS) is 10.6. The standard InChI is InChI=1S/C23H18N6O6S2/c30-20(26-22-24-18(12-36-22)14-4-8-16(9-5-14)28(32)33)2-1-3-21(31)27-23-25-19(13-37-23)15-6-10-17(11-7-15)29(34)35/h4-13H,1-3H2,(H,24,26,30)(H,25,27,31). The molecule has 12 nitrogen and oxygen atoms in total. The van der Waals surface area contributed by atoms with Crippen LogP contribution < -0.4 is 10.6 Å². The predicted molar refractivity (Wildman–Crippen MR) is 140 cm³/mol. The molecule has 2 heterocycles. The maximum Gasteiger partial charge on any atom is 0.269 e. The molecule has 0 aliphatic heterocycles. The van der Waals surface area contributed by atoms with Crippen molar-refractivity contribution in [2.24, 2.45) is 0 Å². The first-order valence-electron chi connectivity index (χ1n) is 10.8. The van der Waals surface area contributed by atoms with E-state index in [0.29, 0.717) is 39.2 Å². The van der Waals surface area contributed by atoms with Crippen molar-refractivity contribution in [1.82, 2.24) is 9.97 Å². The van der Waals surface area contributed by atoms with E-state index < -0.39 is 9.85 Å². The Morgan fingerprint density at radius 2 is 1.08 bits per heavy atom. The molecule has 0 fully saturated rings. The van der Waals surface area contributed by atoms with Gasteiger partial charge in [0.2, 0.25) is 11.8 Å². The maximum absolute atomic E-state index is 12.2. The van der Waals surface area contributed by atoms with Crippen LogP contribution in [0.1, 0.15) is 19.3 Å². The van der Waals surface area contributed by atoms with Gasteiger partial charge in [0.15, 0.2) is 10.3 Å². The Bertz CT molecular complexity index is 1340. The highest BCUT2D eigenvalue weighted by atomic mass is 32.1. The quantitative estimate of drug-likeness (QED) is 0.197. The Labute approximate surface area is 217 Å². The third-order valence-electron chi connectivity index (χ3n) is 5.06. The molecule has 0 saturated carbocycles. The van der Waals surface area contributed by atoms with Gasteiger partial charge < -0.3 is 10.6 Å². The molecule has 2 amide bonds. The topological polar surface area (TPSA) is 170 Å². The zero-order valence-electron chi connectivity index (χ0n) is 18.9. The van der Waals surface area contributed by atoms with Gasteiger partial charge in [0.25, 0.3) is 11.4 Å². The summed E-state index contributed by atoms with van der Waals surface area (Å²) >= 11 is 2.46. The molecule has 2 N–H and O–H groups in total. The summed E-state index contributed by atoms with van der Waals surface area (Å²) in [5.74, 6) is -0.570. The van der Waals surface area contributed by atoms with Crippen molar-refractivity contribution in [3.05, 3.63) is 79.5 Å². The largest absolute Gasteiger partial charge is 0.302 e. The molecule has 0 aliphatic rings. The van der Waals surface area contributed by atoms with Gasteiger partial charge in [0, 0.05) is 59.0 Å². The Balaban J connectivity index is 1.21. The number of nitro groups is 2. The molecule has 0 atom stereocenters. The molecule has 37 heavy (non-hydrogen) atoms. The van der Waals surface area contributed by atoms with Crippen molar-refractivity contribution >= 4 is 56.1 Å². The third kappa shape index (κ3) is 6.77. The van der Waals surface area contributed by atoms with Crippen molar-refractivity contribution in [2.45, 2.75) is 19.3 Å². The van der Waals surface area contributed by atoms with Crippen molar-refractivity contribution in [2.75, 3.05) is 10.6 Å². The molecule has 0 bridgehead atoms. The lowest BCUT2D eigenvalue weighted by Gasteiger charge is -2.03. The van der Waals surface area contributed by atoms with E-state index in [-0.39, 0.29) is 36.0 Å². The van der Waals surface area contributed by atoms with Gasteiger partial charge in [-0.2, -0.15) is 0 Å². The average molecular weight is 539 g/mol. The summed E-state index contributed by atoms with van der Waals surface area (Å²) in [4.78, 5) is 53.7. The van der Waals surface area contributed by atoms with Crippen LogP contribution in [0.3, 0.4) is 0 Å². The molecule has 4 aromatic rings. The number of nitrogens with one attached hydrogen (secondary N) is 2. The Hall–Kier alpha value is -4.56. The monoisotopic (exact) mass is 538 g/mol. The Kier molecular flexibility index (Phi) is 7.90. The highest BCUT2D eigenvalue weighted by molar-refractivity contribution is 7.14. The van der Waals surface area contributed by atoms with E-state index in [1.807, 2.05) is 0 Å². The van der Waals surface area contributed by atoms with Crippen LogP contribution in [0.4, 0.5) is 21.6 Å². The minimum Gasteiger partial charge on any atom is -0.302 e. The van der Waals surface area contributed by atoms with E-state index in [9.17, 15) is 29.8 Å². The number of carbonyl (C=O) groups excluding carboxylic acids is 2. The van der Waals surface area contributed by atoms with E-state index in [1.165, 1.54) is 46.9 Å². The fourth-order valence-corrected chi connectivity index (χ4v) is 4.68. The second-order valence-electron chi connectivity index (χ2n) is 7.63. The molecule has 0 unspecified atom stereocenters. The molecule has 188 valence electrons. The molecule has 2 aromatic carbocycles. The van der Waals surface area contributed by atoms with Crippen LogP contribution in [0, 0.1) is 20.2 Å². The summed E-state index contributed by atoms with van der Waals surface area (Å²) in [6, 6.07) is 11.9. The third-order valence-corrected chi connectivity index (χ3v) is 6.57. The number of carbonyl (C=O) groups is 2. The first kappa shape index (κ1) is 25.5. The van der Waals surface area contributed by atoms with Crippen molar-refractivity contribution < 1.29 is 19.4 Å². The Morgan fingerprint density at radius 1 is 0.703 bits per heavy atom. The number of hydrogen-bond acceptors (Lipinski definition) is 10. The number of anilines is 2. The Morgan fingerprint density at radius 3 is 1.43 bits per heavy atom. The number of nitro benzene ring substituents is 2. The number of rotatable bonds is 10. The van der Waals surface area contributed by atoms with Crippen LogP contribution in [-0.2, 0) is 9.59 Å². The maximum atomic E-state index is 12.2. The molecule has 0 aliphatic carbocycles. The zero-order valence-corrected chi connectivity index (χ0v) is 20.6. The van der Waals surface area contributed by atoms with Gasteiger partial charge in [-0.15, -0.1) is 22.7 Å². The highest BCUT2D eigenvalue weighted by Crippen LogP contribution is 2.28. The zero-order chi connectivity index (χ0) is 26.4. The van der Waals surface area contributed by atoms with Gasteiger partial charge in [-0.3, -0.25) is 29.8 Å². The summed E-state index contributed by atoms with van der Waals surface area (Å²) in [5.41, 5.74) is 2.53. The molecule has 0 radical (unpaired) electrons. The molecular formula is C23H18N6O6S2. The second-order valence-corrected chi connectivity index (χ2v) is 9.35. The summed E-state index contributed by atoms with van der Waals surface area (Å²) in [7, 11) is 0. The lowest BCUT2D eigenvalue weighted by Crippen LogP contribution is -2.14. The second kappa shape index (κ2) is 11.5. The summed E-state index contributed by atoms with van der Waals surface area (Å²) in [6.45, 7) is 0. The van der Waals surface area contributed by atoms with E-state index in [2.05, 4.69) is 20.6 Å². The van der Waals surface area contributed by atoms with Gasteiger partial charge in [0.05, 0.1) is 21.2 Å². The predicted octanol–water partition coefficient (Wildman–Crippen LogP) is 5.50. The number of non-ortho nitro benzene ring substituents is 2. The van der Waals surface area contributed by atoms with Crippen molar-refractivity contribution in [1.29, 1.82) is 0 Å². The van der Waals surface area contributed by atoms with E-state index in [4.69, 9.17) is 0 Å². The molecular weight excluding hydrogens is 520 g/mol. The summed E-state index contributed by atoms with van der Waals surface area (Å²) in [5, 5.41) is 31.2. The van der Waals surface area contributed by atoms with Gasteiger partial charge in [-0.25, -0.2) is 9.97 Å². The number of thiazole rings is 2. The SMILES string of the molecule is O=C(CCCC(=O)Nc1nc(-c2ccc([N+](=O)[O-])cc2)cs1)Nc1nc(-c2ccc([N+](=O)[O-])cc2)cs1. The highest BCUT2D eigenvalue weighted by Gasteiger charge is 2.13. The van der Waals surface area contributed by atoms with E-state index in [0.717, 1.165) is 0 Å². The number of benzene rings is 2. The van der Waals surface area contributed by atoms with E-state index >= 15 is 0 Å². The van der Waals surface area contributed by atoms with Gasteiger partial charge in [0.1, 0.15) is 0 Å². The average Bonchev–Trinajstić information content (AvgIpc) is 3.54. The smallest absolute Gasteiger partial charge is 0.269 e. The minimum atomic E-state index is -0.479. The lowest BCUT2D eigenvalue weighted by atomic mass is 10.1. The fourth-order valence-electron chi connectivity index (χ4n) is 3.21. The number of amides is 2. The van der Waals surface area contributed by atoms with Crippen LogP contribution in [0.25, 0.3) is 22.5 Å². The summed E-state index contributed by atoms with van der Waals surface area (Å²) < 4.78 is 0. The van der Waals surface area contributed by atoms with Gasteiger partial charge in [-0.1, -0.05) is 0 Å². The van der Waals surface area contributed by atoms with Crippen molar-refractivity contribution in [3.63, 3.8) is 0 Å². The molecule has 2 aromatic heterocycles. The van der Waals surface area contributed by atoms with Gasteiger partial charge >= 0.3 is 0 Å². The fraction of sp³-hybridized carbons (Fsp3) is 0.130. The molecule has 0 saturated heterocycles. The van der Waals surface area contributed by atoms with E-state index in [1.54, 1.807) is 35.0 Å². The number of aromatic nitrogens is 2. The number of hydrogen-bond donors (Lipinski definition) is 2. The van der Waals surface area contributed by atoms with Crippen LogP contribution >= 0.6 is 22.7 Å². The van der Waals surface area contributed by atoms with Crippen LogP contribution in [0.5, 0.6) is 0 Å². The van der Waals surface area contributed by atoms with Crippen LogP contribution in [0.2, 0.25) is 0 Å². The molecule has 4 rings (SSSR count). The first-order valence-corrected chi connectivity index (χ1v) is 12.5. The van der Waals surface area contributed by atoms with Crippen LogP contribution in [0.15, 0.2) is 59.3 Å². The summed E-state index contributed by atoms with van der Waals surface area (Å²) in [6.07, 6.45) is 0.552.